The molecule has 0 aliphatic heterocycles. The Bertz CT molecular complexity index is 1120. The van der Waals surface area contributed by atoms with Crippen LogP contribution < -0.4 is 4.80 Å². The van der Waals surface area contributed by atoms with Crippen LogP contribution in [0.1, 0.15) is 10.4 Å². The van der Waals surface area contributed by atoms with E-state index in [1.165, 1.54) is 18.2 Å². The smallest absolute Gasteiger partial charge is 0.282 e. The van der Waals surface area contributed by atoms with Crippen LogP contribution in [0.4, 0.5) is 5.69 Å². The zero-order valence-electron chi connectivity index (χ0n) is 12.2. The lowest BCUT2D eigenvalue weighted by molar-refractivity contribution is -0.384. The fourth-order valence-electron chi connectivity index (χ4n) is 2.14. The van der Waals surface area contributed by atoms with Crippen molar-refractivity contribution >= 4 is 67.7 Å². The second-order valence-electron chi connectivity index (χ2n) is 4.74. The predicted molar refractivity (Wildman–Crippen MR) is 99.5 cm³/mol. The molecule has 3 aromatic rings. The summed E-state index contributed by atoms with van der Waals surface area (Å²) in [4.78, 5) is 27.2. The lowest BCUT2D eigenvalue weighted by Gasteiger charge is -1.99. The van der Waals surface area contributed by atoms with E-state index in [1.54, 1.807) is 10.6 Å². The largest absolute Gasteiger partial charge is 0.305 e. The molecule has 1 amide bonds. The molecule has 0 saturated carbocycles. The molecule has 6 nitrogen and oxygen atoms in total. The summed E-state index contributed by atoms with van der Waals surface area (Å²) in [5.74, 6) is 1.93. The number of non-ortho nitro benzene ring substituents is 1. The van der Waals surface area contributed by atoms with Gasteiger partial charge in [-0.05, 0) is 12.1 Å². The molecule has 0 spiro atoms. The first kappa shape index (κ1) is 17.6. The minimum Gasteiger partial charge on any atom is -0.305 e. The number of halogens is 2. The number of benzene rings is 1. The van der Waals surface area contributed by atoms with Crippen molar-refractivity contribution < 1.29 is 9.72 Å². The summed E-state index contributed by atoms with van der Waals surface area (Å²) in [6.45, 7) is 0.169. The van der Waals surface area contributed by atoms with Crippen molar-refractivity contribution in [1.82, 2.24) is 4.57 Å². The van der Waals surface area contributed by atoms with Gasteiger partial charge in [0, 0.05) is 12.1 Å². The average Bonchev–Trinajstić information content (AvgIpc) is 3.07. The van der Waals surface area contributed by atoms with Gasteiger partial charge >= 0.3 is 0 Å². The second-order valence-corrected chi connectivity index (χ2v) is 8.03. The third kappa shape index (κ3) is 3.45. The lowest BCUT2D eigenvalue weighted by atomic mass is 10.3. The second kappa shape index (κ2) is 6.98. The Labute approximate surface area is 159 Å². The van der Waals surface area contributed by atoms with Crippen LogP contribution in [-0.2, 0) is 6.54 Å². The molecule has 0 unspecified atom stereocenters. The number of nitrogens with zero attached hydrogens (tertiary/aromatic N) is 3. The van der Waals surface area contributed by atoms with Crippen LogP contribution in [0.2, 0.25) is 8.67 Å². The number of nitro groups is 1. The maximum absolute atomic E-state index is 12.4. The molecule has 0 bridgehead atoms. The SMILES string of the molecule is C#CCn1c(=NC(=O)c2cc(Cl)sc2Cl)sc2cc([N+](=O)[O-])ccc21. The quantitative estimate of drug-likeness (QED) is 0.365. The number of rotatable bonds is 3. The summed E-state index contributed by atoms with van der Waals surface area (Å²) < 4.78 is 2.88. The molecule has 0 fully saturated rings. The van der Waals surface area contributed by atoms with E-state index in [4.69, 9.17) is 29.6 Å². The molecule has 10 heteroatoms. The Balaban J connectivity index is 2.18. The topological polar surface area (TPSA) is 77.5 Å². The van der Waals surface area contributed by atoms with E-state index >= 15 is 0 Å². The fraction of sp³-hybridized carbons (Fsp3) is 0.0667. The summed E-state index contributed by atoms with van der Waals surface area (Å²) in [6, 6.07) is 5.83. The third-order valence-corrected chi connectivity index (χ3v) is 5.74. The summed E-state index contributed by atoms with van der Waals surface area (Å²) in [5.41, 5.74) is 0.814. The standard InChI is InChI=1S/C15H7Cl2N3O3S2/c1-2-5-19-10-4-3-8(20(22)23)6-11(10)24-15(19)18-14(21)9-7-12(16)25-13(9)17/h1,3-4,6-7H,5H2. The Morgan fingerprint density at radius 1 is 1.36 bits per heavy atom. The minimum absolute atomic E-state index is 0.0489. The molecule has 3 rings (SSSR count). The first-order valence-corrected chi connectivity index (χ1v) is 9.04. The van der Waals surface area contributed by atoms with Crippen molar-refractivity contribution in [2.45, 2.75) is 6.54 Å². The van der Waals surface area contributed by atoms with Gasteiger partial charge in [0.2, 0.25) is 0 Å². The number of amides is 1. The number of thiophene rings is 1. The molecule has 2 heterocycles. The Morgan fingerprint density at radius 3 is 2.72 bits per heavy atom. The highest BCUT2D eigenvalue weighted by molar-refractivity contribution is 7.20. The van der Waals surface area contributed by atoms with Gasteiger partial charge in [-0.25, -0.2) is 0 Å². The van der Waals surface area contributed by atoms with E-state index in [0.29, 0.717) is 19.4 Å². The van der Waals surface area contributed by atoms with Crippen molar-refractivity contribution in [1.29, 1.82) is 0 Å². The predicted octanol–water partition coefficient (Wildman–Crippen LogP) is 4.35. The van der Waals surface area contributed by atoms with Crippen molar-refractivity contribution in [2.24, 2.45) is 4.99 Å². The first-order valence-electron chi connectivity index (χ1n) is 6.66. The summed E-state index contributed by atoms with van der Waals surface area (Å²) in [5, 5.41) is 10.9. The highest BCUT2D eigenvalue weighted by atomic mass is 35.5. The van der Waals surface area contributed by atoms with E-state index < -0.39 is 10.8 Å². The van der Waals surface area contributed by atoms with Gasteiger partial charge in [-0.3, -0.25) is 14.9 Å². The lowest BCUT2D eigenvalue weighted by Crippen LogP contribution is -2.16. The summed E-state index contributed by atoms with van der Waals surface area (Å²) in [7, 11) is 0. The van der Waals surface area contributed by atoms with Crippen LogP contribution in [0.3, 0.4) is 0 Å². The van der Waals surface area contributed by atoms with Crippen LogP contribution >= 0.6 is 45.9 Å². The fourth-order valence-corrected chi connectivity index (χ4v) is 4.65. The number of fused-ring (bicyclic) bond motifs is 1. The van der Waals surface area contributed by atoms with E-state index in [1.807, 2.05) is 0 Å². The van der Waals surface area contributed by atoms with Crippen LogP contribution in [0.5, 0.6) is 0 Å². The van der Waals surface area contributed by atoms with Crippen molar-refractivity contribution in [2.75, 3.05) is 0 Å². The van der Waals surface area contributed by atoms with Crippen molar-refractivity contribution in [3.05, 3.63) is 53.4 Å². The highest BCUT2D eigenvalue weighted by Crippen LogP contribution is 2.31. The van der Waals surface area contributed by atoms with Gasteiger partial charge < -0.3 is 4.57 Å². The molecule has 0 atom stereocenters. The first-order chi connectivity index (χ1) is 11.9. The van der Waals surface area contributed by atoms with Crippen LogP contribution in [0.25, 0.3) is 10.2 Å². The van der Waals surface area contributed by atoms with Gasteiger partial charge in [-0.1, -0.05) is 40.5 Å². The molecule has 0 aliphatic carbocycles. The molecular weight excluding hydrogens is 405 g/mol. The Morgan fingerprint density at radius 2 is 2.12 bits per heavy atom. The molecule has 25 heavy (non-hydrogen) atoms. The normalized spacial score (nSPS) is 11.6. The number of hydrogen-bond acceptors (Lipinski definition) is 5. The van der Waals surface area contributed by atoms with Gasteiger partial charge in [0.25, 0.3) is 11.6 Å². The Hall–Kier alpha value is -2.18. The highest BCUT2D eigenvalue weighted by Gasteiger charge is 2.16. The summed E-state index contributed by atoms with van der Waals surface area (Å²) in [6.07, 6.45) is 5.39. The van der Waals surface area contributed by atoms with Crippen molar-refractivity contribution in [3.63, 3.8) is 0 Å². The summed E-state index contributed by atoms with van der Waals surface area (Å²) >= 11 is 14.0. The van der Waals surface area contributed by atoms with Crippen molar-refractivity contribution in [3.8, 4) is 12.3 Å². The molecule has 0 aliphatic rings. The van der Waals surface area contributed by atoms with E-state index in [2.05, 4.69) is 10.9 Å². The van der Waals surface area contributed by atoms with Crippen LogP contribution in [-0.4, -0.2) is 15.4 Å². The number of terminal acetylenes is 1. The molecule has 0 N–H and O–H groups in total. The molecule has 126 valence electrons. The minimum atomic E-state index is -0.556. The van der Waals surface area contributed by atoms with Gasteiger partial charge in [-0.2, -0.15) is 4.99 Å². The maximum Gasteiger partial charge on any atom is 0.282 e. The molecular formula is C15H7Cl2N3O3S2. The van der Waals surface area contributed by atoms with Gasteiger partial charge in [0.15, 0.2) is 4.80 Å². The molecule has 2 aromatic heterocycles. The van der Waals surface area contributed by atoms with Gasteiger partial charge in [0.1, 0.15) is 4.34 Å². The average molecular weight is 412 g/mol. The number of carbonyl (C=O) groups excluding carboxylic acids is 1. The third-order valence-electron chi connectivity index (χ3n) is 3.21. The van der Waals surface area contributed by atoms with Crippen LogP contribution in [0.15, 0.2) is 29.3 Å². The van der Waals surface area contributed by atoms with Gasteiger partial charge in [0.05, 0.1) is 31.6 Å². The maximum atomic E-state index is 12.4. The monoisotopic (exact) mass is 411 g/mol. The molecule has 0 saturated heterocycles. The van der Waals surface area contributed by atoms with E-state index in [0.717, 1.165) is 22.7 Å². The number of aromatic nitrogens is 1. The number of hydrogen-bond donors (Lipinski definition) is 0. The zero-order chi connectivity index (χ0) is 18.1. The molecule has 0 radical (unpaired) electrons. The van der Waals surface area contributed by atoms with Crippen LogP contribution in [0, 0.1) is 22.5 Å². The molecule has 1 aromatic carbocycles. The zero-order valence-corrected chi connectivity index (χ0v) is 15.4. The number of nitro benzene ring substituents is 1. The van der Waals surface area contributed by atoms with E-state index in [-0.39, 0.29) is 22.1 Å². The number of thiazole rings is 1. The van der Waals surface area contributed by atoms with E-state index in [9.17, 15) is 14.9 Å². The van der Waals surface area contributed by atoms with Gasteiger partial charge in [-0.15, -0.1) is 17.8 Å². The Kier molecular flexibility index (Phi) is 4.92. The number of carbonyl (C=O) groups is 1.